The van der Waals surface area contributed by atoms with Gasteiger partial charge >= 0.3 is 0 Å². The molecule has 7 nitrogen and oxygen atoms in total. The van der Waals surface area contributed by atoms with Crippen LogP contribution in [0, 0.1) is 11.8 Å². The third-order valence-electron chi connectivity index (χ3n) is 6.96. The monoisotopic (exact) mass is 440 g/mol. The van der Waals surface area contributed by atoms with Crippen molar-refractivity contribution >= 4 is 17.7 Å². The average molecular weight is 441 g/mol. The van der Waals surface area contributed by atoms with Crippen LogP contribution in [0.1, 0.15) is 49.0 Å². The summed E-state index contributed by atoms with van der Waals surface area (Å²) in [5, 5.41) is 0. The Bertz CT molecular complexity index is 839. The molecule has 3 aliphatic heterocycles. The molecule has 4 rings (SSSR count). The molecule has 1 aromatic carbocycles. The smallest absolute Gasteiger partial charge is 0.253 e. The minimum atomic E-state index is 0.0317. The van der Waals surface area contributed by atoms with Crippen LogP contribution in [-0.2, 0) is 16.1 Å². The van der Waals surface area contributed by atoms with Crippen LogP contribution in [0.4, 0.5) is 0 Å². The highest BCUT2D eigenvalue weighted by atomic mass is 16.2. The number of benzene rings is 1. The zero-order chi connectivity index (χ0) is 22.7. The van der Waals surface area contributed by atoms with Gasteiger partial charge in [0.15, 0.2) is 0 Å². The van der Waals surface area contributed by atoms with Crippen molar-refractivity contribution < 1.29 is 14.4 Å². The lowest BCUT2D eigenvalue weighted by Gasteiger charge is -2.38. The van der Waals surface area contributed by atoms with Crippen LogP contribution < -0.4 is 0 Å². The first-order chi connectivity index (χ1) is 15.4. The number of carbonyl (C=O) groups is 3. The Morgan fingerprint density at radius 1 is 0.969 bits per heavy atom. The van der Waals surface area contributed by atoms with Crippen LogP contribution in [0.25, 0.3) is 0 Å². The van der Waals surface area contributed by atoms with Crippen LogP contribution in [0.15, 0.2) is 24.3 Å². The Morgan fingerprint density at radius 3 is 2.34 bits per heavy atom. The van der Waals surface area contributed by atoms with Gasteiger partial charge in [-0.1, -0.05) is 26.0 Å². The number of rotatable bonds is 5. The molecular formula is C25H36N4O3. The van der Waals surface area contributed by atoms with Crippen molar-refractivity contribution in [1.29, 1.82) is 0 Å². The molecule has 174 valence electrons. The van der Waals surface area contributed by atoms with E-state index in [1.54, 1.807) is 0 Å². The fraction of sp³-hybridized carbons (Fsp3) is 0.640. The van der Waals surface area contributed by atoms with E-state index < -0.39 is 0 Å². The fourth-order valence-corrected chi connectivity index (χ4v) is 5.34. The average Bonchev–Trinajstić information content (AvgIpc) is 3.17. The number of carbonyl (C=O) groups excluding carboxylic acids is 3. The Labute approximate surface area is 191 Å². The molecule has 3 heterocycles. The minimum Gasteiger partial charge on any atom is -0.341 e. The molecule has 3 saturated heterocycles. The molecule has 3 aliphatic rings. The Morgan fingerprint density at radius 2 is 1.69 bits per heavy atom. The van der Waals surface area contributed by atoms with Gasteiger partial charge < -0.3 is 14.7 Å². The van der Waals surface area contributed by atoms with E-state index in [1.807, 2.05) is 39.0 Å². The second kappa shape index (κ2) is 10.0. The number of hydrogen-bond donors (Lipinski definition) is 0. The molecule has 2 unspecified atom stereocenters. The largest absolute Gasteiger partial charge is 0.341 e. The fourth-order valence-electron chi connectivity index (χ4n) is 5.34. The number of piperidine rings is 1. The molecule has 0 radical (unpaired) electrons. The maximum absolute atomic E-state index is 13.1. The van der Waals surface area contributed by atoms with Gasteiger partial charge in [0, 0.05) is 64.3 Å². The Balaban J connectivity index is 1.27. The molecule has 1 aromatic rings. The van der Waals surface area contributed by atoms with Gasteiger partial charge in [-0.05, 0) is 42.4 Å². The van der Waals surface area contributed by atoms with Gasteiger partial charge in [0.2, 0.25) is 11.8 Å². The second-order valence-corrected chi connectivity index (χ2v) is 9.93. The third kappa shape index (κ3) is 5.49. The van der Waals surface area contributed by atoms with E-state index in [2.05, 4.69) is 18.7 Å². The van der Waals surface area contributed by atoms with Crippen LogP contribution in [0.2, 0.25) is 0 Å². The topological polar surface area (TPSA) is 64.2 Å². The molecule has 0 aliphatic carbocycles. The van der Waals surface area contributed by atoms with Gasteiger partial charge in [-0.3, -0.25) is 19.3 Å². The van der Waals surface area contributed by atoms with E-state index >= 15 is 0 Å². The van der Waals surface area contributed by atoms with Crippen molar-refractivity contribution in [3.63, 3.8) is 0 Å². The predicted molar refractivity (Wildman–Crippen MR) is 123 cm³/mol. The summed E-state index contributed by atoms with van der Waals surface area (Å²) < 4.78 is 0. The first kappa shape index (κ1) is 22.8. The number of amides is 3. The van der Waals surface area contributed by atoms with Gasteiger partial charge in [0.05, 0.1) is 6.54 Å². The summed E-state index contributed by atoms with van der Waals surface area (Å²) in [4.78, 5) is 45.7. The maximum atomic E-state index is 13.1. The molecule has 0 N–H and O–H groups in total. The molecule has 3 fully saturated rings. The van der Waals surface area contributed by atoms with E-state index in [0.29, 0.717) is 50.0 Å². The maximum Gasteiger partial charge on any atom is 0.253 e. The molecule has 3 amide bonds. The molecule has 2 atom stereocenters. The lowest BCUT2D eigenvalue weighted by Crippen LogP contribution is -2.53. The SMILES string of the molecule is CC1CC(C)CN(C(=O)CN2CCN(C(=O)c3cccc(CN4CCCC4=O)c3)CC2)C1. The van der Waals surface area contributed by atoms with Gasteiger partial charge in [-0.2, -0.15) is 0 Å². The summed E-state index contributed by atoms with van der Waals surface area (Å²) in [7, 11) is 0. The predicted octanol–water partition coefficient (Wildman–Crippen LogP) is 2.07. The molecule has 0 aromatic heterocycles. The minimum absolute atomic E-state index is 0.0317. The van der Waals surface area contributed by atoms with Crippen LogP contribution in [0.5, 0.6) is 0 Å². The summed E-state index contributed by atoms with van der Waals surface area (Å²) in [5.41, 5.74) is 1.68. The number of likely N-dealkylation sites (tertiary alicyclic amines) is 2. The summed E-state index contributed by atoms with van der Waals surface area (Å²) in [6.07, 6.45) is 2.74. The highest BCUT2D eigenvalue weighted by molar-refractivity contribution is 5.94. The van der Waals surface area contributed by atoms with Crippen molar-refractivity contribution in [3.05, 3.63) is 35.4 Å². The number of nitrogens with zero attached hydrogens (tertiary/aromatic N) is 4. The molecule has 32 heavy (non-hydrogen) atoms. The van der Waals surface area contributed by atoms with Gasteiger partial charge in [-0.25, -0.2) is 0 Å². The normalized spacial score (nSPS) is 24.8. The zero-order valence-corrected chi connectivity index (χ0v) is 19.5. The lowest BCUT2D eigenvalue weighted by molar-refractivity contribution is -0.135. The second-order valence-electron chi connectivity index (χ2n) is 9.93. The Kier molecular flexibility index (Phi) is 7.13. The first-order valence-corrected chi connectivity index (χ1v) is 12.0. The van der Waals surface area contributed by atoms with Crippen molar-refractivity contribution in [2.75, 3.05) is 52.4 Å². The highest BCUT2D eigenvalue weighted by Crippen LogP contribution is 2.21. The van der Waals surface area contributed by atoms with E-state index in [4.69, 9.17) is 0 Å². The molecule has 0 spiro atoms. The van der Waals surface area contributed by atoms with Crippen LogP contribution >= 0.6 is 0 Å². The first-order valence-electron chi connectivity index (χ1n) is 12.0. The van der Waals surface area contributed by atoms with Crippen molar-refractivity contribution in [2.24, 2.45) is 11.8 Å². The van der Waals surface area contributed by atoms with E-state index in [9.17, 15) is 14.4 Å². The van der Waals surface area contributed by atoms with Crippen molar-refractivity contribution in [2.45, 2.75) is 39.7 Å². The number of hydrogen-bond acceptors (Lipinski definition) is 4. The van der Waals surface area contributed by atoms with Crippen LogP contribution in [0.3, 0.4) is 0 Å². The Hall–Kier alpha value is -2.41. The molecule has 0 saturated carbocycles. The highest BCUT2D eigenvalue weighted by Gasteiger charge is 2.28. The van der Waals surface area contributed by atoms with Crippen LogP contribution in [-0.4, -0.2) is 89.7 Å². The van der Waals surface area contributed by atoms with E-state index in [1.165, 1.54) is 6.42 Å². The van der Waals surface area contributed by atoms with Crippen molar-refractivity contribution in [1.82, 2.24) is 19.6 Å². The third-order valence-corrected chi connectivity index (χ3v) is 6.96. The van der Waals surface area contributed by atoms with Gasteiger partial charge in [-0.15, -0.1) is 0 Å². The standard InChI is InChI=1S/C25H36N4O3/c1-19-13-20(2)16-29(15-19)24(31)18-26-9-11-27(12-10-26)25(32)22-6-3-5-21(14-22)17-28-8-4-7-23(28)30/h3,5-6,14,19-20H,4,7-13,15-18H2,1-2H3. The van der Waals surface area contributed by atoms with E-state index in [-0.39, 0.29) is 17.7 Å². The molecule has 7 heteroatoms. The summed E-state index contributed by atoms with van der Waals surface area (Å²) in [6.45, 7) is 10.7. The lowest BCUT2D eigenvalue weighted by atomic mass is 9.92. The summed E-state index contributed by atoms with van der Waals surface area (Å²) >= 11 is 0. The van der Waals surface area contributed by atoms with E-state index in [0.717, 1.165) is 44.7 Å². The molecular weight excluding hydrogens is 404 g/mol. The van der Waals surface area contributed by atoms with Gasteiger partial charge in [0.1, 0.15) is 0 Å². The summed E-state index contributed by atoms with van der Waals surface area (Å²) in [5.74, 6) is 1.57. The van der Waals surface area contributed by atoms with Crippen molar-refractivity contribution in [3.8, 4) is 0 Å². The zero-order valence-electron chi connectivity index (χ0n) is 19.5. The number of piperazine rings is 1. The quantitative estimate of drug-likeness (QED) is 0.703. The summed E-state index contributed by atoms with van der Waals surface area (Å²) in [6, 6.07) is 7.65. The molecule has 0 bridgehead atoms. The van der Waals surface area contributed by atoms with Gasteiger partial charge in [0.25, 0.3) is 5.91 Å².